The van der Waals surface area contributed by atoms with Crippen molar-refractivity contribution in [3.63, 3.8) is 0 Å². The van der Waals surface area contributed by atoms with E-state index >= 15 is 0 Å². The van der Waals surface area contributed by atoms with E-state index in [2.05, 4.69) is 41.3 Å². The summed E-state index contributed by atoms with van der Waals surface area (Å²) < 4.78 is 8.43. The molecular weight excluding hydrogens is 292 g/mol. The van der Waals surface area contributed by atoms with Crippen LogP contribution in [0.15, 0.2) is 21.1 Å². The van der Waals surface area contributed by atoms with Crippen molar-refractivity contribution in [2.24, 2.45) is 0 Å². The van der Waals surface area contributed by atoms with Crippen LogP contribution in [0.1, 0.15) is 0 Å². The van der Waals surface area contributed by atoms with E-state index in [4.69, 9.17) is 0 Å². The van der Waals surface area contributed by atoms with E-state index in [1.54, 1.807) is 0 Å². The maximum Gasteiger partial charge on any atom is 0.0853 e. The normalized spacial score (nSPS) is 13.6. The van der Waals surface area contributed by atoms with Gasteiger partial charge in [-0.05, 0) is 44.0 Å². The third kappa shape index (κ3) is 1.25. The second-order valence-corrected chi connectivity index (χ2v) is 4.41. The van der Waals surface area contributed by atoms with Crippen molar-refractivity contribution in [3.05, 3.63) is 21.1 Å². The summed E-state index contributed by atoms with van der Waals surface area (Å²) in [4.78, 5) is 0. The number of hydrogen-bond acceptors (Lipinski definition) is 3. The maximum absolute atomic E-state index is 3.44. The van der Waals surface area contributed by atoms with E-state index in [0.29, 0.717) is 0 Å². The molecule has 0 fully saturated rings. The van der Waals surface area contributed by atoms with Crippen LogP contribution in [0.25, 0.3) is 0 Å². The Balaban J connectivity index is 2.64. The Morgan fingerprint density at radius 2 is 1.45 bits per heavy atom. The first kappa shape index (κ1) is 7.76. The summed E-state index contributed by atoms with van der Waals surface area (Å²) in [6, 6.07) is 4.01. The van der Waals surface area contributed by atoms with Crippen molar-refractivity contribution in [2.75, 3.05) is 9.44 Å². The standard InChI is InChI=1S/C6H4Br2N2S/c7-3-1-2-4(8)6-5(3)9-11-10-6/h1-2,9-10H. The molecule has 0 saturated heterocycles. The fraction of sp³-hybridized carbons (Fsp3) is 0. The summed E-state index contributed by atoms with van der Waals surface area (Å²) in [5.74, 6) is 0. The summed E-state index contributed by atoms with van der Waals surface area (Å²) in [5.41, 5.74) is 2.20. The molecule has 0 radical (unpaired) electrons. The van der Waals surface area contributed by atoms with Crippen LogP contribution in [0, 0.1) is 0 Å². The Hall–Kier alpha value is 0.130. The molecule has 1 aromatic rings. The Labute approximate surface area is 85.7 Å². The fourth-order valence-corrected chi connectivity index (χ4v) is 2.68. The van der Waals surface area contributed by atoms with Gasteiger partial charge in [0.15, 0.2) is 0 Å². The molecule has 5 heteroatoms. The van der Waals surface area contributed by atoms with E-state index in [0.717, 1.165) is 20.3 Å². The Morgan fingerprint density at radius 3 is 1.91 bits per heavy atom. The van der Waals surface area contributed by atoms with Gasteiger partial charge in [0.25, 0.3) is 0 Å². The SMILES string of the molecule is Brc1ccc(Br)c2c1NSN2. The zero-order valence-corrected chi connectivity index (χ0v) is 9.31. The predicted octanol–water partition coefficient (Wildman–Crippen LogP) is 3.61. The van der Waals surface area contributed by atoms with E-state index in [9.17, 15) is 0 Å². The van der Waals surface area contributed by atoms with Crippen molar-refractivity contribution in [2.45, 2.75) is 0 Å². The van der Waals surface area contributed by atoms with Gasteiger partial charge in [0.05, 0.1) is 23.5 Å². The zero-order chi connectivity index (χ0) is 7.84. The van der Waals surface area contributed by atoms with Crippen molar-refractivity contribution in [1.29, 1.82) is 0 Å². The monoisotopic (exact) mass is 294 g/mol. The van der Waals surface area contributed by atoms with Crippen molar-refractivity contribution >= 4 is 55.4 Å². The fourth-order valence-electron chi connectivity index (χ4n) is 0.879. The van der Waals surface area contributed by atoms with Crippen LogP contribution in [-0.2, 0) is 0 Å². The average molecular weight is 296 g/mol. The molecule has 1 aromatic carbocycles. The maximum atomic E-state index is 3.44. The minimum Gasteiger partial charge on any atom is -0.309 e. The molecule has 58 valence electrons. The highest BCUT2D eigenvalue weighted by atomic mass is 79.9. The van der Waals surface area contributed by atoms with Gasteiger partial charge in [-0.15, -0.1) is 0 Å². The first-order valence-electron chi connectivity index (χ1n) is 2.95. The Morgan fingerprint density at radius 1 is 1.00 bits per heavy atom. The van der Waals surface area contributed by atoms with Gasteiger partial charge < -0.3 is 9.44 Å². The van der Waals surface area contributed by atoms with Crippen molar-refractivity contribution in [3.8, 4) is 0 Å². The quantitative estimate of drug-likeness (QED) is 0.715. The highest BCUT2D eigenvalue weighted by Crippen LogP contribution is 2.43. The average Bonchev–Trinajstić information content (AvgIpc) is 2.45. The smallest absolute Gasteiger partial charge is 0.0853 e. The molecule has 0 unspecified atom stereocenters. The molecule has 2 N–H and O–H groups in total. The van der Waals surface area contributed by atoms with Crippen LogP contribution in [0.4, 0.5) is 11.4 Å². The van der Waals surface area contributed by atoms with Gasteiger partial charge in [-0.3, -0.25) is 0 Å². The number of benzene rings is 1. The number of fused-ring (bicyclic) bond motifs is 1. The largest absolute Gasteiger partial charge is 0.309 e. The summed E-state index contributed by atoms with van der Waals surface area (Å²) in [6.45, 7) is 0. The molecule has 0 spiro atoms. The zero-order valence-electron chi connectivity index (χ0n) is 5.32. The lowest BCUT2D eigenvalue weighted by Crippen LogP contribution is -1.79. The highest BCUT2D eigenvalue weighted by molar-refractivity contribution is 9.11. The first-order chi connectivity index (χ1) is 5.29. The van der Waals surface area contributed by atoms with Crippen LogP contribution in [0.2, 0.25) is 0 Å². The molecule has 0 amide bonds. The van der Waals surface area contributed by atoms with E-state index < -0.39 is 0 Å². The number of nitrogens with one attached hydrogen (secondary N) is 2. The third-order valence-corrected chi connectivity index (χ3v) is 3.34. The molecule has 1 heterocycles. The Bertz CT molecular complexity index is 274. The lowest BCUT2D eigenvalue weighted by Gasteiger charge is -2.01. The van der Waals surface area contributed by atoms with Crippen LogP contribution < -0.4 is 9.44 Å². The molecule has 1 aliphatic rings. The van der Waals surface area contributed by atoms with Crippen LogP contribution in [0.3, 0.4) is 0 Å². The van der Waals surface area contributed by atoms with Gasteiger partial charge in [-0.1, -0.05) is 0 Å². The number of anilines is 2. The van der Waals surface area contributed by atoms with Gasteiger partial charge in [0, 0.05) is 8.95 Å². The molecule has 0 aromatic heterocycles. The molecule has 2 rings (SSSR count). The molecule has 2 nitrogen and oxygen atoms in total. The molecule has 0 atom stereocenters. The molecule has 1 aliphatic heterocycles. The molecule has 11 heavy (non-hydrogen) atoms. The highest BCUT2D eigenvalue weighted by Gasteiger charge is 2.15. The van der Waals surface area contributed by atoms with Gasteiger partial charge in [-0.2, -0.15) is 0 Å². The van der Waals surface area contributed by atoms with E-state index in [-0.39, 0.29) is 0 Å². The minimum atomic E-state index is 1.08. The molecular formula is C6H4Br2N2S. The number of rotatable bonds is 0. The van der Waals surface area contributed by atoms with Gasteiger partial charge in [0.2, 0.25) is 0 Å². The molecule has 0 aliphatic carbocycles. The molecule has 0 saturated carbocycles. The lowest BCUT2D eigenvalue weighted by atomic mass is 10.3. The second kappa shape index (κ2) is 2.88. The second-order valence-electron chi connectivity index (χ2n) is 2.09. The third-order valence-electron chi connectivity index (χ3n) is 1.41. The lowest BCUT2D eigenvalue weighted by molar-refractivity contribution is 1.61. The van der Waals surface area contributed by atoms with E-state index in [1.165, 1.54) is 12.1 Å². The van der Waals surface area contributed by atoms with Crippen molar-refractivity contribution < 1.29 is 0 Å². The summed E-state index contributed by atoms with van der Waals surface area (Å²) in [6.07, 6.45) is 0. The van der Waals surface area contributed by atoms with Crippen LogP contribution >= 0.6 is 44.0 Å². The Kier molecular flexibility index (Phi) is 2.03. The van der Waals surface area contributed by atoms with Crippen molar-refractivity contribution in [1.82, 2.24) is 0 Å². The summed E-state index contributed by atoms with van der Waals surface area (Å²) in [7, 11) is 0. The van der Waals surface area contributed by atoms with Gasteiger partial charge >= 0.3 is 0 Å². The summed E-state index contributed by atoms with van der Waals surface area (Å²) in [5, 5.41) is 0. The van der Waals surface area contributed by atoms with Crippen LogP contribution in [-0.4, -0.2) is 0 Å². The van der Waals surface area contributed by atoms with Crippen LogP contribution in [0.5, 0.6) is 0 Å². The molecule has 0 bridgehead atoms. The topological polar surface area (TPSA) is 24.1 Å². The number of halogens is 2. The van der Waals surface area contributed by atoms with Gasteiger partial charge in [0.1, 0.15) is 0 Å². The first-order valence-corrected chi connectivity index (χ1v) is 5.35. The van der Waals surface area contributed by atoms with Gasteiger partial charge in [-0.25, -0.2) is 0 Å². The summed E-state index contributed by atoms with van der Waals surface area (Å²) >= 11 is 8.36. The predicted molar refractivity (Wildman–Crippen MR) is 56.7 cm³/mol. The number of hydrogen-bond donors (Lipinski definition) is 2. The minimum absolute atomic E-state index is 1.08. The van der Waals surface area contributed by atoms with E-state index in [1.807, 2.05) is 12.1 Å².